The molecule has 1 aromatic heterocycles. The lowest BCUT2D eigenvalue weighted by Crippen LogP contribution is -2.24. The lowest BCUT2D eigenvalue weighted by Gasteiger charge is -2.19. The summed E-state index contributed by atoms with van der Waals surface area (Å²) in [6.45, 7) is 4.41. The predicted octanol–water partition coefficient (Wildman–Crippen LogP) is 2.09. The molecule has 0 amide bonds. The number of fused-ring (bicyclic) bond motifs is 1. The van der Waals surface area contributed by atoms with Crippen LogP contribution in [0.25, 0.3) is 0 Å². The number of aromatic nitrogens is 1. The first kappa shape index (κ1) is 13.6. The van der Waals surface area contributed by atoms with Gasteiger partial charge in [0.1, 0.15) is 6.26 Å². The van der Waals surface area contributed by atoms with Crippen LogP contribution in [0.2, 0.25) is 0 Å². The monoisotopic (exact) mass is 287 g/mol. The van der Waals surface area contributed by atoms with Crippen molar-refractivity contribution < 1.29 is 13.9 Å². The van der Waals surface area contributed by atoms with E-state index in [0.29, 0.717) is 12.6 Å². The van der Waals surface area contributed by atoms with Gasteiger partial charge < -0.3 is 14.5 Å². The molecule has 0 spiro atoms. The average Bonchev–Trinajstić information content (AvgIpc) is 2.89. The number of esters is 1. The molecule has 0 aliphatic carbocycles. The summed E-state index contributed by atoms with van der Waals surface area (Å²) in [5.41, 5.74) is 2.41. The highest BCUT2D eigenvalue weighted by Crippen LogP contribution is 2.29. The van der Waals surface area contributed by atoms with Gasteiger partial charge in [0.05, 0.1) is 6.61 Å². The van der Waals surface area contributed by atoms with Crippen LogP contribution in [0.1, 0.15) is 23.0 Å². The van der Waals surface area contributed by atoms with E-state index in [2.05, 4.69) is 16.4 Å². The number of carbonyl (C=O) groups excluding carboxylic acids is 1. The molecule has 110 valence electrons. The first-order valence-corrected chi connectivity index (χ1v) is 6.98. The van der Waals surface area contributed by atoms with E-state index in [9.17, 15) is 4.79 Å². The van der Waals surface area contributed by atoms with Crippen molar-refractivity contribution >= 4 is 17.7 Å². The number of oxazole rings is 1. The van der Waals surface area contributed by atoms with Crippen molar-refractivity contribution in [3.63, 3.8) is 0 Å². The van der Waals surface area contributed by atoms with Crippen LogP contribution in [0.5, 0.6) is 0 Å². The average molecular weight is 287 g/mol. The fourth-order valence-electron chi connectivity index (χ4n) is 2.34. The Balaban J connectivity index is 1.91. The molecule has 0 atom stereocenters. The van der Waals surface area contributed by atoms with E-state index >= 15 is 0 Å². The van der Waals surface area contributed by atoms with Crippen LogP contribution >= 0.6 is 0 Å². The van der Waals surface area contributed by atoms with Gasteiger partial charge in [-0.05, 0) is 18.6 Å². The van der Waals surface area contributed by atoms with Crippen LogP contribution in [0.15, 0.2) is 34.9 Å². The smallest absolute Gasteiger partial charge is 0.360 e. The second-order valence-electron chi connectivity index (χ2n) is 4.69. The molecule has 0 saturated carbocycles. The maximum Gasteiger partial charge on any atom is 0.360 e. The lowest BCUT2D eigenvalue weighted by molar-refractivity contribution is 0.0519. The van der Waals surface area contributed by atoms with Gasteiger partial charge >= 0.3 is 12.0 Å². The minimum atomic E-state index is -0.464. The Morgan fingerprint density at radius 1 is 1.48 bits per heavy atom. The zero-order chi connectivity index (χ0) is 14.7. The highest BCUT2D eigenvalue weighted by molar-refractivity contribution is 5.87. The van der Waals surface area contributed by atoms with Crippen LogP contribution < -0.4 is 10.2 Å². The van der Waals surface area contributed by atoms with Crippen LogP contribution in [-0.4, -0.2) is 30.6 Å². The molecule has 6 nitrogen and oxygen atoms in total. The maximum absolute atomic E-state index is 11.7. The molecule has 0 bridgehead atoms. The summed E-state index contributed by atoms with van der Waals surface area (Å²) in [5, 5.41) is 3.35. The van der Waals surface area contributed by atoms with Crippen molar-refractivity contribution in [1.29, 1.82) is 0 Å². The van der Waals surface area contributed by atoms with Gasteiger partial charge in [-0.15, -0.1) is 0 Å². The number of nitrogens with zero attached hydrogens (tertiary/aromatic N) is 2. The molecule has 0 unspecified atom stereocenters. The molecule has 1 N–H and O–H groups in total. The second-order valence-corrected chi connectivity index (χ2v) is 4.69. The van der Waals surface area contributed by atoms with Crippen molar-refractivity contribution in [2.45, 2.75) is 13.5 Å². The number of hydrogen-bond acceptors (Lipinski definition) is 6. The Kier molecular flexibility index (Phi) is 3.87. The summed E-state index contributed by atoms with van der Waals surface area (Å²) in [6, 6.07) is 8.48. The number of anilines is 2. The molecule has 1 aliphatic heterocycles. The molecule has 3 rings (SSSR count). The van der Waals surface area contributed by atoms with E-state index in [0.717, 1.165) is 25.3 Å². The van der Waals surface area contributed by atoms with Crippen molar-refractivity contribution in [3.05, 3.63) is 41.8 Å². The molecule has 6 heteroatoms. The number of carbonyl (C=O) groups is 1. The topological polar surface area (TPSA) is 67.6 Å². The molecule has 2 aromatic rings. The SMILES string of the molecule is CCOC(=O)c1coc(N2CCNCc3ccccc32)n1. The number of nitrogens with one attached hydrogen (secondary N) is 1. The van der Waals surface area contributed by atoms with Gasteiger partial charge in [0.15, 0.2) is 5.69 Å². The normalized spacial score (nSPS) is 14.4. The predicted molar refractivity (Wildman–Crippen MR) is 77.6 cm³/mol. The second kappa shape index (κ2) is 5.97. The molecule has 1 aromatic carbocycles. The Hall–Kier alpha value is -2.34. The highest BCUT2D eigenvalue weighted by Gasteiger charge is 2.22. The lowest BCUT2D eigenvalue weighted by atomic mass is 10.1. The van der Waals surface area contributed by atoms with Crippen LogP contribution in [0.4, 0.5) is 11.7 Å². The molecule has 0 fully saturated rings. The zero-order valence-electron chi connectivity index (χ0n) is 11.8. The summed E-state index contributed by atoms with van der Waals surface area (Å²) >= 11 is 0. The van der Waals surface area contributed by atoms with Crippen LogP contribution in [0, 0.1) is 0 Å². The number of rotatable bonds is 3. The largest absolute Gasteiger partial charge is 0.461 e. The van der Waals surface area contributed by atoms with E-state index in [1.807, 2.05) is 23.1 Å². The van der Waals surface area contributed by atoms with Gasteiger partial charge in [0, 0.05) is 25.3 Å². The number of hydrogen-bond donors (Lipinski definition) is 1. The van der Waals surface area contributed by atoms with Crippen molar-refractivity contribution in [2.75, 3.05) is 24.6 Å². The number of para-hydroxylation sites is 1. The van der Waals surface area contributed by atoms with Crippen molar-refractivity contribution in [3.8, 4) is 0 Å². The van der Waals surface area contributed by atoms with E-state index in [-0.39, 0.29) is 5.69 Å². The fraction of sp³-hybridized carbons (Fsp3) is 0.333. The summed E-state index contributed by atoms with van der Waals surface area (Å²) in [7, 11) is 0. The maximum atomic E-state index is 11.7. The van der Waals surface area contributed by atoms with Gasteiger partial charge in [-0.3, -0.25) is 4.90 Å². The Bertz CT molecular complexity index is 639. The highest BCUT2D eigenvalue weighted by atomic mass is 16.5. The van der Waals surface area contributed by atoms with E-state index < -0.39 is 5.97 Å². The fourth-order valence-corrected chi connectivity index (χ4v) is 2.34. The summed E-state index contributed by atoms with van der Waals surface area (Å²) in [5.74, 6) is -0.464. The minimum absolute atomic E-state index is 0.196. The first-order valence-electron chi connectivity index (χ1n) is 6.98. The van der Waals surface area contributed by atoms with Gasteiger partial charge in [-0.25, -0.2) is 4.79 Å². The third kappa shape index (κ3) is 2.75. The summed E-state index contributed by atoms with van der Waals surface area (Å²) in [4.78, 5) is 17.9. The molecule has 0 radical (unpaired) electrons. The van der Waals surface area contributed by atoms with Crippen molar-refractivity contribution in [2.24, 2.45) is 0 Å². The Labute approximate surface area is 122 Å². The Morgan fingerprint density at radius 3 is 3.19 bits per heavy atom. The third-order valence-corrected chi connectivity index (χ3v) is 3.32. The third-order valence-electron chi connectivity index (χ3n) is 3.32. The van der Waals surface area contributed by atoms with Gasteiger partial charge in [0.25, 0.3) is 0 Å². The van der Waals surface area contributed by atoms with Crippen molar-refractivity contribution in [1.82, 2.24) is 10.3 Å². The molecule has 2 heterocycles. The van der Waals surface area contributed by atoms with E-state index in [1.165, 1.54) is 11.8 Å². The first-order chi connectivity index (χ1) is 10.3. The molecule has 0 saturated heterocycles. The van der Waals surface area contributed by atoms with Crippen LogP contribution in [-0.2, 0) is 11.3 Å². The molecule has 21 heavy (non-hydrogen) atoms. The van der Waals surface area contributed by atoms with Gasteiger partial charge in [0.2, 0.25) is 0 Å². The molecular weight excluding hydrogens is 270 g/mol. The number of ether oxygens (including phenoxy) is 1. The van der Waals surface area contributed by atoms with Gasteiger partial charge in [-0.1, -0.05) is 18.2 Å². The van der Waals surface area contributed by atoms with Gasteiger partial charge in [-0.2, -0.15) is 4.98 Å². The van der Waals surface area contributed by atoms with E-state index in [4.69, 9.17) is 9.15 Å². The summed E-state index contributed by atoms with van der Waals surface area (Å²) in [6.07, 6.45) is 1.34. The van der Waals surface area contributed by atoms with Crippen LogP contribution in [0.3, 0.4) is 0 Å². The standard InChI is InChI=1S/C15H17N3O3/c1-2-20-14(19)12-10-21-15(17-12)18-8-7-16-9-11-5-3-4-6-13(11)18/h3-6,10,16H,2,7-9H2,1H3. The minimum Gasteiger partial charge on any atom is -0.461 e. The number of benzene rings is 1. The molecular formula is C15H17N3O3. The quantitative estimate of drug-likeness (QED) is 0.872. The summed E-state index contributed by atoms with van der Waals surface area (Å²) < 4.78 is 10.4. The Morgan fingerprint density at radius 2 is 2.33 bits per heavy atom. The zero-order valence-corrected chi connectivity index (χ0v) is 11.8. The van der Waals surface area contributed by atoms with E-state index in [1.54, 1.807) is 6.92 Å². The molecule has 1 aliphatic rings.